The summed E-state index contributed by atoms with van der Waals surface area (Å²) in [6.07, 6.45) is 0.895. The minimum Gasteiger partial charge on any atom is -0.367 e. The van der Waals surface area contributed by atoms with Gasteiger partial charge in [0.25, 0.3) is 0 Å². The van der Waals surface area contributed by atoms with E-state index in [1.165, 1.54) is 6.07 Å². The molecule has 3 aromatic rings. The summed E-state index contributed by atoms with van der Waals surface area (Å²) in [6.45, 7) is -0.00450. The highest BCUT2D eigenvalue weighted by Gasteiger charge is 2.41. The second-order valence-corrected chi connectivity index (χ2v) is 7.75. The Morgan fingerprint density at radius 2 is 2.03 bits per heavy atom. The number of nitrogens with zero attached hydrogens (tertiary/aromatic N) is 3. The first-order chi connectivity index (χ1) is 14.4. The van der Waals surface area contributed by atoms with E-state index in [1.54, 1.807) is 24.7 Å². The van der Waals surface area contributed by atoms with Gasteiger partial charge in [-0.05, 0) is 37.7 Å². The number of hydrogen-bond donors (Lipinski definition) is 1. The SMILES string of the molecule is N#CC[C@@H](OCC1CCC(n2ccc(=O)c3cnc4[nH]ccc4c32)CC1)C(F)(F)F. The molecule has 1 fully saturated rings. The van der Waals surface area contributed by atoms with Crippen molar-refractivity contribution in [3.05, 3.63) is 40.9 Å². The molecule has 0 amide bonds. The fourth-order valence-corrected chi connectivity index (χ4v) is 4.26. The highest BCUT2D eigenvalue weighted by molar-refractivity contribution is 6.02. The Kier molecular flexibility index (Phi) is 5.52. The summed E-state index contributed by atoms with van der Waals surface area (Å²) in [7, 11) is 0. The number of hydrogen-bond acceptors (Lipinski definition) is 4. The first kappa shape index (κ1) is 20.4. The molecule has 1 saturated carbocycles. The number of alkyl halides is 3. The summed E-state index contributed by atoms with van der Waals surface area (Å²) in [5, 5.41) is 10.0. The van der Waals surface area contributed by atoms with Crippen LogP contribution < -0.4 is 5.43 Å². The van der Waals surface area contributed by atoms with Gasteiger partial charge in [-0.15, -0.1) is 0 Å². The molecule has 4 rings (SSSR count). The molecule has 0 aliphatic heterocycles. The second kappa shape index (κ2) is 8.11. The molecule has 0 saturated heterocycles. The lowest BCUT2D eigenvalue weighted by atomic mass is 9.86. The summed E-state index contributed by atoms with van der Waals surface area (Å²) in [4.78, 5) is 19.7. The van der Waals surface area contributed by atoms with Crippen LogP contribution in [0.3, 0.4) is 0 Å². The van der Waals surface area contributed by atoms with Crippen molar-refractivity contribution >= 4 is 21.9 Å². The fraction of sp³-hybridized carbons (Fsp3) is 0.476. The third-order valence-corrected chi connectivity index (χ3v) is 5.85. The van der Waals surface area contributed by atoms with E-state index >= 15 is 0 Å². The molecule has 0 unspecified atom stereocenters. The van der Waals surface area contributed by atoms with Crippen LogP contribution in [0.25, 0.3) is 21.9 Å². The zero-order valence-electron chi connectivity index (χ0n) is 16.2. The number of aromatic amines is 1. The first-order valence-electron chi connectivity index (χ1n) is 9.90. The molecule has 1 aliphatic carbocycles. The smallest absolute Gasteiger partial charge is 0.367 e. The van der Waals surface area contributed by atoms with Crippen molar-refractivity contribution in [3.63, 3.8) is 0 Å². The summed E-state index contributed by atoms with van der Waals surface area (Å²) in [5.41, 5.74) is 1.45. The molecule has 9 heteroatoms. The highest BCUT2D eigenvalue weighted by Crippen LogP contribution is 2.36. The molecule has 0 radical (unpaired) electrons. The normalized spacial score (nSPS) is 21.0. The molecule has 158 valence electrons. The topological polar surface area (TPSA) is 83.7 Å². The Labute approximate surface area is 170 Å². The van der Waals surface area contributed by atoms with Crippen molar-refractivity contribution in [2.24, 2.45) is 5.92 Å². The van der Waals surface area contributed by atoms with Gasteiger partial charge in [0.15, 0.2) is 11.5 Å². The number of nitrogens with one attached hydrogen (secondary N) is 1. The fourth-order valence-electron chi connectivity index (χ4n) is 4.26. The molecule has 1 aliphatic rings. The Morgan fingerprint density at radius 3 is 2.73 bits per heavy atom. The first-order valence-corrected chi connectivity index (χ1v) is 9.90. The Hall–Kier alpha value is -2.86. The van der Waals surface area contributed by atoms with Crippen LogP contribution in [0.4, 0.5) is 13.2 Å². The Balaban J connectivity index is 1.49. The summed E-state index contributed by atoms with van der Waals surface area (Å²) in [5.74, 6) is 0.0179. The number of halogens is 3. The summed E-state index contributed by atoms with van der Waals surface area (Å²) >= 11 is 0. The number of ether oxygens (including phenoxy) is 1. The standard InChI is InChI=1S/C21H21F3N4O2/c22-21(23,24)18(5-8-25)30-12-13-1-3-14(4-2-13)28-10-7-17(29)16-11-27-20-15(19(16)28)6-9-26-20/h6-7,9-11,13-14,18H,1-5,12H2,(H,26,27)/t13?,14?,18-/m1/s1. The van der Waals surface area contributed by atoms with Crippen LogP contribution in [0.1, 0.15) is 38.1 Å². The third-order valence-electron chi connectivity index (χ3n) is 5.85. The Bertz CT molecular complexity index is 1140. The van der Waals surface area contributed by atoms with Crippen LogP contribution in [-0.2, 0) is 4.74 Å². The van der Waals surface area contributed by atoms with Crippen LogP contribution in [-0.4, -0.2) is 33.4 Å². The molecule has 0 aromatic carbocycles. The van der Waals surface area contributed by atoms with Crippen LogP contribution in [0, 0.1) is 17.2 Å². The summed E-state index contributed by atoms with van der Waals surface area (Å²) < 4.78 is 45.9. The van der Waals surface area contributed by atoms with Crippen LogP contribution in [0.5, 0.6) is 0 Å². The highest BCUT2D eigenvalue weighted by atomic mass is 19.4. The van der Waals surface area contributed by atoms with Gasteiger partial charge in [0, 0.05) is 36.1 Å². The van der Waals surface area contributed by atoms with Gasteiger partial charge in [-0.1, -0.05) is 0 Å². The number of pyridine rings is 2. The van der Waals surface area contributed by atoms with E-state index in [-0.39, 0.29) is 24.0 Å². The van der Waals surface area contributed by atoms with Crippen LogP contribution >= 0.6 is 0 Å². The Morgan fingerprint density at radius 1 is 1.27 bits per heavy atom. The van der Waals surface area contributed by atoms with Crippen molar-refractivity contribution < 1.29 is 17.9 Å². The van der Waals surface area contributed by atoms with Gasteiger partial charge in [-0.25, -0.2) is 4.98 Å². The molecule has 6 nitrogen and oxygen atoms in total. The van der Waals surface area contributed by atoms with E-state index in [1.807, 2.05) is 6.07 Å². The lowest BCUT2D eigenvalue weighted by Gasteiger charge is -2.32. The average molecular weight is 418 g/mol. The number of nitriles is 1. The van der Waals surface area contributed by atoms with Gasteiger partial charge >= 0.3 is 6.18 Å². The van der Waals surface area contributed by atoms with Gasteiger partial charge in [-0.2, -0.15) is 18.4 Å². The van der Waals surface area contributed by atoms with Crippen molar-refractivity contribution in [2.45, 2.75) is 50.4 Å². The zero-order chi connectivity index (χ0) is 21.3. The maximum atomic E-state index is 12.9. The number of aromatic nitrogens is 3. The van der Waals surface area contributed by atoms with Gasteiger partial charge in [0.2, 0.25) is 0 Å². The molecule has 3 heterocycles. The van der Waals surface area contributed by atoms with E-state index < -0.39 is 18.7 Å². The maximum Gasteiger partial charge on any atom is 0.415 e. The van der Waals surface area contributed by atoms with Gasteiger partial charge in [0.05, 0.1) is 30.0 Å². The maximum absolute atomic E-state index is 12.9. The molecular weight excluding hydrogens is 397 g/mol. The quantitative estimate of drug-likeness (QED) is 0.663. The van der Waals surface area contributed by atoms with Crippen molar-refractivity contribution in [1.29, 1.82) is 5.26 Å². The predicted octanol–water partition coefficient (Wildman–Crippen LogP) is 4.47. The molecule has 30 heavy (non-hydrogen) atoms. The van der Waals surface area contributed by atoms with E-state index in [0.29, 0.717) is 11.0 Å². The zero-order valence-corrected chi connectivity index (χ0v) is 16.2. The lowest BCUT2D eigenvalue weighted by Crippen LogP contribution is -2.33. The van der Waals surface area contributed by atoms with Gasteiger partial charge in [0.1, 0.15) is 5.65 Å². The monoisotopic (exact) mass is 418 g/mol. The van der Waals surface area contributed by atoms with Crippen LogP contribution in [0.15, 0.2) is 35.5 Å². The van der Waals surface area contributed by atoms with E-state index in [4.69, 9.17) is 10.00 Å². The van der Waals surface area contributed by atoms with Crippen LogP contribution in [0.2, 0.25) is 0 Å². The molecule has 3 aromatic heterocycles. The second-order valence-electron chi connectivity index (χ2n) is 7.75. The minimum absolute atomic E-state index is 0.00450. The molecule has 0 spiro atoms. The molecular formula is C21H21F3N4O2. The summed E-state index contributed by atoms with van der Waals surface area (Å²) in [6, 6.07) is 5.11. The van der Waals surface area contributed by atoms with Crippen molar-refractivity contribution in [1.82, 2.24) is 14.5 Å². The van der Waals surface area contributed by atoms with E-state index in [2.05, 4.69) is 14.5 Å². The minimum atomic E-state index is -4.53. The molecule has 1 atom stereocenters. The lowest BCUT2D eigenvalue weighted by molar-refractivity contribution is -0.222. The predicted molar refractivity (Wildman–Crippen MR) is 105 cm³/mol. The molecule has 0 bridgehead atoms. The van der Waals surface area contributed by atoms with Crippen molar-refractivity contribution in [3.8, 4) is 6.07 Å². The number of fused-ring (bicyclic) bond motifs is 3. The van der Waals surface area contributed by atoms with E-state index in [0.717, 1.165) is 36.6 Å². The largest absolute Gasteiger partial charge is 0.415 e. The van der Waals surface area contributed by atoms with Gasteiger partial charge < -0.3 is 14.3 Å². The van der Waals surface area contributed by atoms with Crippen molar-refractivity contribution in [2.75, 3.05) is 6.61 Å². The number of rotatable bonds is 5. The van der Waals surface area contributed by atoms with Gasteiger partial charge in [-0.3, -0.25) is 4.79 Å². The van der Waals surface area contributed by atoms with E-state index in [9.17, 15) is 18.0 Å². The molecule has 1 N–H and O–H groups in total. The third kappa shape index (κ3) is 3.92. The average Bonchev–Trinajstić information content (AvgIpc) is 3.20. The number of H-pyrrole nitrogens is 1.